The van der Waals surface area contributed by atoms with Crippen molar-refractivity contribution in [2.45, 2.75) is 51.8 Å². The Morgan fingerprint density at radius 3 is 2.45 bits per heavy atom. The predicted octanol–water partition coefficient (Wildman–Crippen LogP) is 6.23. The van der Waals surface area contributed by atoms with Gasteiger partial charge in [-0.05, 0) is 94.6 Å². The summed E-state index contributed by atoms with van der Waals surface area (Å²) in [5.74, 6) is 0.955. The van der Waals surface area contributed by atoms with E-state index in [4.69, 9.17) is 30.0 Å². The number of carbonyl (C=O) groups excluding carboxylic acids is 2. The number of H-pyrrole nitrogens is 1. The minimum Gasteiger partial charge on any atom is -0.490 e. The highest BCUT2D eigenvalue weighted by atomic mass is 19.4. The van der Waals surface area contributed by atoms with Crippen LogP contribution in [-0.2, 0) is 20.5 Å². The van der Waals surface area contributed by atoms with Gasteiger partial charge in [0, 0.05) is 36.6 Å². The van der Waals surface area contributed by atoms with Crippen molar-refractivity contribution in [2.75, 3.05) is 48.0 Å². The topological polar surface area (TPSA) is 199 Å². The maximum absolute atomic E-state index is 13.6. The van der Waals surface area contributed by atoms with Gasteiger partial charge in [0.15, 0.2) is 23.1 Å². The Balaban J connectivity index is 1.10. The van der Waals surface area contributed by atoms with Crippen LogP contribution in [0.15, 0.2) is 67.1 Å². The number of benzene rings is 2. The van der Waals surface area contributed by atoms with Gasteiger partial charge in [-0.1, -0.05) is 0 Å². The molecule has 2 N–H and O–H groups in total. The fourth-order valence-corrected chi connectivity index (χ4v) is 6.26. The van der Waals surface area contributed by atoms with Gasteiger partial charge in [-0.25, -0.2) is 19.9 Å². The first kappa shape index (κ1) is 40.7. The first-order valence-corrected chi connectivity index (χ1v) is 18.3. The third-order valence-corrected chi connectivity index (χ3v) is 9.41. The molecule has 0 saturated carbocycles. The zero-order valence-electron chi connectivity index (χ0n) is 31.8. The molecule has 0 spiro atoms. The minimum atomic E-state index is -4.82. The Hall–Kier alpha value is -6.92. The molecule has 1 unspecified atom stereocenters. The number of nitrogens with one attached hydrogen (secondary N) is 2. The standard InChI is InChI=1S/C40H38F3N11O4/c1-4-54-34(55)22-53(36-37(54)51-33(21-46-36)30-14-15-32(49-25(30)2)35-47-24-48-52-35)16-6-5-7-17-58-39(3,23-57-29-12-8-26(19-44)9-13-29)38(56)50-28-11-10-27(20-45)31(18-28)40(41,42)43/h8-15,18,21,24H,4-7,16-17,22-23H2,1-3H3,(H,50,56)(H,47,48,52). The lowest BCUT2D eigenvalue weighted by atomic mass is 10.0. The summed E-state index contributed by atoms with van der Waals surface area (Å²) < 4.78 is 52.9. The first-order valence-electron chi connectivity index (χ1n) is 18.3. The maximum atomic E-state index is 13.6. The SMILES string of the molecule is CCN1C(=O)CN(CCCCCOC(C)(COc2ccc(C#N)cc2)C(=O)Nc2ccc(C#N)c(C(F)(F)F)c2)c2ncc(-c3ccc(-c4nc[nH]n4)nc3C)nc21. The number of ether oxygens (including phenoxy) is 2. The number of aromatic nitrogens is 6. The van der Waals surface area contributed by atoms with E-state index < -0.39 is 28.8 Å². The van der Waals surface area contributed by atoms with Crippen LogP contribution in [0, 0.1) is 29.6 Å². The molecule has 0 bridgehead atoms. The Kier molecular flexibility index (Phi) is 12.3. The van der Waals surface area contributed by atoms with E-state index in [0.717, 1.165) is 11.6 Å². The summed E-state index contributed by atoms with van der Waals surface area (Å²) in [7, 11) is 0. The number of aryl methyl sites for hydroxylation is 1. The van der Waals surface area contributed by atoms with Gasteiger partial charge in [0.1, 0.15) is 24.4 Å². The number of unbranched alkanes of at least 4 members (excludes halogenated alkanes) is 2. The molecule has 0 radical (unpaired) electrons. The summed E-state index contributed by atoms with van der Waals surface area (Å²) in [6, 6.07) is 16.3. The van der Waals surface area contributed by atoms with Gasteiger partial charge in [0.25, 0.3) is 5.91 Å². The number of halogens is 3. The second kappa shape index (κ2) is 17.5. The quantitative estimate of drug-likeness (QED) is 0.114. The van der Waals surface area contributed by atoms with Gasteiger partial charge in [0.05, 0.1) is 47.3 Å². The number of hydrogen-bond donors (Lipinski definition) is 2. The number of carbonyl (C=O) groups is 2. The number of amides is 2. The molecule has 1 atom stereocenters. The first-order chi connectivity index (χ1) is 27.8. The number of pyridine rings is 1. The van der Waals surface area contributed by atoms with Crippen molar-refractivity contribution in [3.63, 3.8) is 0 Å². The lowest BCUT2D eigenvalue weighted by Crippen LogP contribution is -2.48. The molecule has 4 heterocycles. The number of likely N-dealkylation sites (N-methyl/N-ethyl adjacent to an activating group) is 1. The molecule has 298 valence electrons. The second-order valence-corrected chi connectivity index (χ2v) is 13.5. The smallest absolute Gasteiger partial charge is 0.417 e. The molecule has 1 aliphatic heterocycles. The summed E-state index contributed by atoms with van der Waals surface area (Å²) in [5.41, 5.74) is -0.593. The third kappa shape index (κ3) is 9.20. The second-order valence-electron chi connectivity index (χ2n) is 13.5. The Morgan fingerprint density at radius 2 is 1.78 bits per heavy atom. The van der Waals surface area contributed by atoms with Crippen molar-refractivity contribution in [1.29, 1.82) is 10.5 Å². The number of alkyl halides is 3. The fourth-order valence-electron chi connectivity index (χ4n) is 6.26. The van der Waals surface area contributed by atoms with E-state index in [1.165, 1.54) is 25.4 Å². The Labute approximate surface area is 331 Å². The lowest BCUT2D eigenvalue weighted by molar-refractivity contribution is -0.143. The van der Waals surface area contributed by atoms with Crippen molar-refractivity contribution in [2.24, 2.45) is 0 Å². The molecule has 2 amide bonds. The van der Waals surface area contributed by atoms with Crippen LogP contribution in [0.25, 0.3) is 22.8 Å². The fraction of sp³-hybridized carbons (Fsp3) is 0.325. The monoisotopic (exact) mass is 793 g/mol. The van der Waals surface area contributed by atoms with E-state index in [-0.39, 0.29) is 31.4 Å². The Morgan fingerprint density at radius 1 is 0.983 bits per heavy atom. The number of rotatable bonds is 15. The highest BCUT2D eigenvalue weighted by Crippen LogP contribution is 2.35. The molecule has 2 aromatic carbocycles. The highest BCUT2D eigenvalue weighted by molar-refractivity contribution is 6.01. The van der Waals surface area contributed by atoms with Crippen LogP contribution < -0.4 is 19.9 Å². The Bertz CT molecular complexity index is 2360. The van der Waals surface area contributed by atoms with Crippen LogP contribution >= 0.6 is 0 Å². The van der Waals surface area contributed by atoms with Crippen molar-refractivity contribution in [3.05, 3.63) is 89.5 Å². The van der Waals surface area contributed by atoms with E-state index in [1.807, 2.05) is 30.9 Å². The molecule has 6 rings (SSSR count). The number of nitriles is 2. The average molecular weight is 794 g/mol. The molecule has 0 fully saturated rings. The number of hydrogen-bond acceptors (Lipinski definition) is 12. The maximum Gasteiger partial charge on any atom is 0.417 e. The summed E-state index contributed by atoms with van der Waals surface area (Å²) in [5, 5.41) is 27.5. The van der Waals surface area contributed by atoms with Gasteiger partial charge in [-0.15, -0.1) is 0 Å². The molecular weight excluding hydrogens is 756 g/mol. The van der Waals surface area contributed by atoms with Gasteiger partial charge in [-0.2, -0.15) is 28.8 Å². The highest BCUT2D eigenvalue weighted by Gasteiger charge is 2.38. The van der Waals surface area contributed by atoms with Crippen molar-refractivity contribution >= 4 is 29.1 Å². The van der Waals surface area contributed by atoms with Crippen LogP contribution in [0.4, 0.5) is 30.5 Å². The number of fused-ring (bicyclic) bond motifs is 1. The average Bonchev–Trinajstić information content (AvgIpc) is 3.76. The van der Waals surface area contributed by atoms with E-state index >= 15 is 0 Å². The largest absolute Gasteiger partial charge is 0.490 e. The zero-order chi connectivity index (χ0) is 41.5. The minimum absolute atomic E-state index is 0.0898. The number of nitrogens with zero attached hydrogens (tertiary/aromatic N) is 9. The molecule has 0 aliphatic carbocycles. The van der Waals surface area contributed by atoms with Crippen LogP contribution in [0.2, 0.25) is 0 Å². The van der Waals surface area contributed by atoms with Crippen LogP contribution in [-0.4, -0.2) is 80.4 Å². The van der Waals surface area contributed by atoms with Crippen LogP contribution in [0.3, 0.4) is 0 Å². The molecule has 3 aromatic heterocycles. The number of aromatic amines is 1. The summed E-state index contributed by atoms with van der Waals surface area (Å²) >= 11 is 0. The summed E-state index contributed by atoms with van der Waals surface area (Å²) in [4.78, 5) is 48.8. The molecule has 5 aromatic rings. The molecule has 0 saturated heterocycles. The molecule has 58 heavy (non-hydrogen) atoms. The van der Waals surface area contributed by atoms with E-state index in [9.17, 15) is 22.8 Å². The van der Waals surface area contributed by atoms with Crippen LogP contribution in [0.5, 0.6) is 5.75 Å². The molecular formula is C40H38F3N11O4. The summed E-state index contributed by atoms with van der Waals surface area (Å²) in [6.45, 7) is 5.98. The predicted molar refractivity (Wildman–Crippen MR) is 205 cm³/mol. The molecule has 15 nitrogen and oxygen atoms in total. The van der Waals surface area contributed by atoms with E-state index in [1.54, 1.807) is 41.4 Å². The summed E-state index contributed by atoms with van der Waals surface area (Å²) in [6.07, 6.45) is 0.0717. The molecule has 18 heteroatoms. The zero-order valence-corrected chi connectivity index (χ0v) is 31.8. The van der Waals surface area contributed by atoms with Gasteiger partial charge in [0.2, 0.25) is 5.91 Å². The van der Waals surface area contributed by atoms with Crippen molar-refractivity contribution in [3.8, 4) is 40.7 Å². The van der Waals surface area contributed by atoms with E-state index in [2.05, 4.69) is 25.5 Å². The van der Waals surface area contributed by atoms with Crippen molar-refractivity contribution in [1.82, 2.24) is 30.1 Å². The van der Waals surface area contributed by atoms with Gasteiger partial charge in [-0.3, -0.25) is 19.6 Å². The number of anilines is 3. The molecule has 1 aliphatic rings. The van der Waals surface area contributed by atoms with Crippen molar-refractivity contribution < 1.29 is 32.2 Å². The lowest BCUT2D eigenvalue weighted by Gasteiger charge is -2.35. The van der Waals surface area contributed by atoms with Gasteiger partial charge >= 0.3 is 6.18 Å². The van der Waals surface area contributed by atoms with Crippen LogP contribution in [0.1, 0.15) is 55.5 Å². The normalized spacial score (nSPS) is 13.6. The third-order valence-electron chi connectivity index (χ3n) is 9.41. The van der Waals surface area contributed by atoms with Gasteiger partial charge < -0.3 is 19.7 Å². The van der Waals surface area contributed by atoms with E-state index in [0.29, 0.717) is 84.3 Å².